The molecule has 0 saturated heterocycles. The topological polar surface area (TPSA) is 121 Å². The fraction of sp³-hybridized carbons (Fsp3) is 0.190. The molecule has 0 spiro atoms. The quantitative estimate of drug-likeness (QED) is 0.491. The summed E-state index contributed by atoms with van der Waals surface area (Å²) in [7, 11) is 1.56. The maximum atomic E-state index is 12.9. The van der Waals surface area contributed by atoms with Gasteiger partial charge in [0.05, 0.1) is 17.9 Å². The summed E-state index contributed by atoms with van der Waals surface area (Å²) < 4.78 is 13.2. The Morgan fingerprint density at radius 2 is 1.94 bits per heavy atom. The number of nitrogens with zero attached hydrogens (tertiary/aromatic N) is 4. The Hall–Kier alpha value is -4.21. The molecule has 0 atom stereocenters. The van der Waals surface area contributed by atoms with Crippen LogP contribution in [0.4, 0.5) is 5.69 Å². The summed E-state index contributed by atoms with van der Waals surface area (Å²) in [5.41, 5.74) is 1.32. The van der Waals surface area contributed by atoms with Crippen LogP contribution in [-0.2, 0) is 11.8 Å². The number of aryl methyl sites for hydroxylation is 2. The predicted octanol–water partition coefficient (Wildman–Crippen LogP) is 2.45. The average Bonchev–Trinajstić information content (AvgIpc) is 3.36. The third-order valence-electron chi connectivity index (χ3n) is 4.64. The van der Waals surface area contributed by atoms with Crippen molar-refractivity contribution < 1.29 is 18.7 Å². The van der Waals surface area contributed by atoms with Crippen LogP contribution < -0.4 is 10.9 Å². The van der Waals surface area contributed by atoms with E-state index in [0.717, 1.165) is 0 Å². The lowest BCUT2D eigenvalue weighted by molar-refractivity contribution is 0.0519. The highest BCUT2D eigenvalue weighted by atomic mass is 16.5. The van der Waals surface area contributed by atoms with Crippen molar-refractivity contribution in [2.24, 2.45) is 7.05 Å². The molecule has 0 unspecified atom stereocenters. The van der Waals surface area contributed by atoms with E-state index < -0.39 is 11.9 Å². The number of carbonyl (C=O) groups excluding carboxylic acids is 2. The molecule has 0 aliphatic heterocycles. The summed E-state index contributed by atoms with van der Waals surface area (Å²) in [4.78, 5) is 41.1. The highest BCUT2D eigenvalue weighted by Gasteiger charge is 2.22. The van der Waals surface area contributed by atoms with Crippen molar-refractivity contribution >= 4 is 28.7 Å². The van der Waals surface area contributed by atoms with Crippen LogP contribution in [0.5, 0.6) is 0 Å². The first-order valence-corrected chi connectivity index (χ1v) is 9.48. The summed E-state index contributed by atoms with van der Waals surface area (Å²) in [6.07, 6.45) is 2.99. The van der Waals surface area contributed by atoms with E-state index in [1.54, 1.807) is 57.4 Å². The molecule has 10 heteroatoms. The molecule has 0 fully saturated rings. The first-order chi connectivity index (χ1) is 14.9. The van der Waals surface area contributed by atoms with Gasteiger partial charge in [0.2, 0.25) is 5.71 Å². The van der Waals surface area contributed by atoms with Gasteiger partial charge in [-0.05, 0) is 44.2 Å². The number of rotatable bonds is 5. The molecule has 10 nitrogen and oxygen atoms in total. The molecule has 3 heterocycles. The lowest BCUT2D eigenvalue weighted by atomic mass is 10.1. The van der Waals surface area contributed by atoms with E-state index >= 15 is 0 Å². The summed E-state index contributed by atoms with van der Waals surface area (Å²) in [5, 5.41) is 7.10. The number of aromatic nitrogens is 4. The van der Waals surface area contributed by atoms with Crippen molar-refractivity contribution in [3.8, 4) is 5.69 Å². The Bertz CT molecular complexity index is 1350. The van der Waals surface area contributed by atoms with Crippen LogP contribution in [0.15, 0.2) is 52.1 Å². The number of hydrogen-bond acceptors (Lipinski definition) is 7. The molecule has 0 aliphatic rings. The molecule has 4 rings (SSSR count). The monoisotopic (exact) mass is 421 g/mol. The summed E-state index contributed by atoms with van der Waals surface area (Å²) in [5.74, 6) is -0.658. The second-order valence-electron chi connectivity index (χ2n) is 6.74. The molecule has 0 aliphatic carbocycles. The first kappa shape index (κ1) is 20.1. The zero-order valence-electron chi connectivity index (χ0n) is 17.1. The normalized spacial score (nSPS) is 10.9. The number of fused-ring (bicyclic) bond motifs is 1. The molecule has 0 radical (unpaired) electrons. The fourth-order valence-corrected chi connectivity index (χ4v) is 3.13. The highest BCUT2D eigenvalue weighted by Crippen LogP contribution is 2.22. The van der Waals surface area contributed by atoms with Gasteiger partial charge in [-0.2, -0.15) is 5.10 Å². The van der Waals surface area contributed by atoms with E-state index in [2.05, 4.69) is 15.4 Å². The smallest absolute Gasteiger partial charge is 0.358 e. The second-order valence-corrected chi connectivity index (χ2v) is 6.74. The van der Waals surface area contributed by atoms with Gasteiger partial charge in [-0.1, -0.05) is 0 Å². The van der Waals surface area contributed by atoms with Gasteiger partial charge in [0.25, 0.3) is 11.5 Å². The number of amides is 1. The summed E-state index contributed by atoms with van der Waals surface area (Å²) in [6, 6.07) is 8.41. The van der Waals surface area contributed by atoms with E-state index in [1.807, 2.05) is 0 Å². The van der Waals surface area contributed by atoms with Gasteiger partial charge in [-0.25, -0.2) is 14.5 Å². The third kappa shape index (κ3) is 3.70. The van der Waals surface area contributed by atoms with Crippen molar-refractivity contribution in [2.75, 3.05) is 11.9 Å². The minimum absolute atomic E-state index is 0.122. The predicted molar refractivity (Wildman–Crippen MR) is 111 cm³/mol. The number of carbonyl (C=O) groups is 2. The summed E-state index contributed by atoms with van der Waals surface area (Å²) in [6.45, 7) is 3.61. The molecule has 1 aromatic carbocycles. The highest BCUT2D eigenvalue weighted by molar-refractivity contribution is 6.12. The second kappa shape index (κ2) is 7.90. The number of furan rings is 1. The van der Waals surface area contributed by atoms with Gasteiger partial charge in [0, 0.05) is 18.9 Å². The molecule has 31 heavy (non-hydrogen) atoms. The Morgan fingerprint density at radius 3 is 2.65 bits per heavy atom. The number of nitrogens with one attached hydrogen (secondary N) is 1. The zero-order valence-corrected chi connectivity index (χ0v) is 17.1. The SMILES string of the molecule is CCOC(=O)c1ccn(-c2ccc(NC(=O)c3c(C)oc4ncn(C)c(=O)c34)cc2)n1. The molecular formula is C21H19N5O5. The standard InChI is InChI=1S/C21H19N5O5/c1-4-30-21(29)15-9-10-26(24-15)14-7-5-13(6-8-14)23-18(27)16-12(2)31-19-17(16)20(28)25(3)11-22-19/h5-11H,4H2,1-3H3,(H,23,27). The van der Waals surface area contributed by atoms with E-state index in [1.165, 1.54) is 15.6 Å². The fourth-order valence-electron chi connectivity index (χ4n) is 3.13. The third-order valence-corrected chi connectivity index (χ3v) is 4.64. The van der Waals surface area contributed by atoms with Crippen molar-refractivity contribution in [3.63, 3.8) is 0 Å². The molecular weight excluding hydrogens is 402 g/mol. The van der Waals surface area contributed by atoms with Crippen LogP contribution in [0.3, 0.4) is 0 Å². The van der Waals surface area contributed by atoms with Gasteiger partial charge in [0.15, 0.2) is 5.69 Å². The number of esters is 1. The molecule has 1 N–H and O–H groups in total. The van der Waals surface area contributed by atoms with E-state index in [4.69, 9.17) is 9.15 Å². The van der Waals surface area contributed by atoms with E-state index in [9.17, 15) is 14.4 Å². The van der Waals surface area contributed by atoms with Crippen LogP contribution in [0.1, 0.15) is 33.5 Å². The Kier molecular flexibility index (Phi) is 5.12. The molecule has 0 bridgehead atoms. The molecule has 158 valence electrons. The largest absolute Gasteiger partial charge is 0.461 e. The van der Waals surface area contributed by atoms with Crippen LogP contribution in [0.25, 0.3) is 16.8 Å². The minimum atomic E-state index is -0.492. The van der Waals surface area contributed by atoms with Crippen molar-refractivity contribution in [1.29, 1.82) is 0 Å². The Balaban J connectivity index is 1.56. The summed E-state index contributed by atoms with van der Waals surface area (Å²) >= 11 is 0. The van der Waals surface area contributed by atoms with Gasteiger partial charge in [-0.15, -0.1) is 0 Å². The van der Waals surface area contributed by atoms with Crippen molar-refractivity contribution in [2.45, 2.75) is 13.8 Å². The van der Waals surface area contributed by atoms with Crippen molar-refractivity contribution in [1.82, 2.24) is 19.3 Å². The number of benzene rings is 1. The Morgan fingerprint density at radius 1 is 1.19 bits per heavy atom. The minimum Gasteiger partial charge on any atom is -0.461 e. The number of anilines is 1. The van der Waals surface area contributed by atoms with E-state index in [-0.39, 0.29) is 34.5 Å². The van der Waals surface area contributed by atoms with Crippen LogP contribution in [-0.4, -0.2) is 37.8 Å². The van der Waals surface area contributed by atoms with Gasteiger partial charge < -0.3 is 19.0 Å². The lowest BCUT2D eigenvalue weighted by Crippen LogP contribution is -2.20. The molecule has 3 aromatic heterocycles. The average molecular weight is 421 g/mol. The van der Waals surface area contributed by atoms with Crippen molar-refractivity contribution in [3.05, 3.63) is 70.2 Å². The van der Waals surface area contributed by atoms with Gasteiger partial charge in [0.1, 0.15) is 17.5 Å². The Labute approximate surface area is 176 Å². The zero-order chi connectivity index (χ0) is 22.1. The molecule has 1 amide bonds. The van der Waals surface area contributed by atoms with E-state index in [0.29, 0.717) is 17.1 Å². The maximum absolute atomic E-state index is 12.9. The lowest BCUT2D eigenvalue weighted by Gasteiger charge is -2.07. The van der Waals surface area contributed by atoms with Crippen LogP contribution in [0, 0.1) is 6.92 Å². The first-order valence-electron chi connectivity index (χ1n) is 9.48. The maximum Gasteiger partial charge on any atom is 0.358 e. The molecule has 4 aromatic rings. The van der Waals surface area contributed by atoms with Gasteiger partial charge >= 0.3 is 5.97 Å². The number of ether oxygens (including phenoxy) is 1. The van der Waals surface area contributed by atoms with Crippen LogP contribution in [0.2, 0.25) is 0 Å². The van der Waals surface area contributed by atoms with Crippen LogP contribution >= 0.6 is 0 Å². The van der Waals surface area contributed by atoms with Gasteiger partial charge in [-0.3, -0.25) is 9.59 Å². The number of hydrogen-bond donors (Lipinski definition) is 1. The molecule has 0 saturated carbocycles.